The molecule has 8 aromatic rings. The third-order valence-electron chi connectivity index (χ3n) is 11.9. The van der Waals surface area contributed by atoms with Crippen molar-refractivity contribution in [1.29, 1.82) is 0 Å². The maximum atomic E-state index is 2.56. The summed E-state index contributed by atoms with van der Waals surface area (Å²) < 4.78 is 0. The van der Waals surface area contributed by atoms with Crippen LogP contribution in [0.4, 0.5) is 0 Å². The molecule has 0 amide bonds. The highest BCUT2D eigenvalue weighted by Crippen LogP contribution is 2.49. The quantitative estimate of drug-likeness (QED) is 0.162. The first kappa shape index (κ1) is 30.1. The van der Waals surface area contributed by atoms with E-state index in [1.165, 1.54) is 108 Å². The average molecular weight is 653 g/mol. The van der Waals surface area contributed by atoms with Gasteiger partial charge in [0.25, 0.3) is 0 Å². The molecule has 2 aliphatic rings. The molecule has 8 aromatic carbocycles. The highest BCUT2D eigenvalue weighted by molar-refractivity contribution is 6.16. The SMILES string of the molecule is c1ccc(C2=C(c3ccccc3)c3cc(C4CCC(c5c6ccccc6c(-c6ccc7ccccc7c6)c6ccccc56)CC4)ccc3C2)cc1. The molecule has 0 atom stereocenters. The standard InChI is InChI=1S/C51H40/c1-3-14-36(15-4-1)47-33-41-29-28-40(32-48(41)50(47)37-16-5-2-6-17-37)35-23-26-38(27-24-35)49-43-19-9-11-21-45(43)51(46-22-12-10-20-44(46)49)42-30-25-34-13-7-8-18-39(34)31-42/h1-22,25,28-32,35,38H,23-24,26-27,33H2. The Morgan fingerprint density at radius 3 is 1.65 bits per heavy atom. The Bertz CT molecular complexity index is 2540. The monoisotopic (exact) mass is 652 g/mol. The van der Waals surface area contributed by atoms with E-state index >= 15 is 0 Å². The zero-order chi connectivity index (χ0) is 33.7. The van der Waals surface area contributed by atoms with Crippen LogP contribution in [0, 0.1) is 0 Å². The van der Waals surface area contributed by atoms with Gasteiger partial charge in [0, 0.05) is 0 Å². The second-order valence-electron chi connectivity index (χ2n) is 14.7. The minimum Gasteiger partial charge on any atom is -0.0622 e. The fourth-order valence-electron chi connectivity index (χ4n) is 9.47. The Morgan fingerprint density at radius 2 is 0.961 bits per heavy atom. The van der Waals surface area contributed by atoms with Gasteiger partial charge >= 0.3 is 0 Å². The van der Waals surface area contributed by atoms with Crippen molar-refractivity contribution in [2.75, 3.05) is 0 Å². The molecule has 51 heavy (non-hydrogen) atoms. The Labute approximate surface area is 300 Å². The number of hydrogen-bond acceptors (Lipinski definition) is 0. The highest BCUT2D eigenvalue weighted by Gasteiger charge is 2.30. The summed E-state index contributed by atoms with van der Waals surface area (Å²) in [5.74, 6) is 1.12. The Morgan fingerprint density at radius 1 is 0.392 bits per heavy atom. The lowest BCUT2D eigenvalue weighted by Crippen LogP contribution is -2.13. The molecule has 10 rings (SSSR count). The van der Waals surface area contributed by atoms with Gasteiger partial charge in [-0.1, -0.05) is 164 Å². The van der Waals surface area contributed by atoms with E-state index in [2.05, 4.69) is 170 Å². The molecule has 244 valence electrons. The van der Waals surface area contributed by atoms with E-state index in [-0.39, 0.29) is 0 Å². The van der Waals surface area contributed by atoms with Crippen molar-refractivity contribution in [3.05, 3.63) is 203 Å². The van der Waals surface area contributed by atoms with Gasteiger partial charge in [-0.3, -0.25) is 0 Å². The molecule has 0 N–H and O–H groups in total. The number of rotatable bonds is 5. The summed E-state index contributed by atoms with van der Waals surface area (Å²) in [4.78, 5) is 0. The Kier molecular flexibility index (Phi) is 7.42. The van der Waals surface area contributed by atoms with Gasteiger partial charge < -0.3 is 0 Å². The van der Waals surface area contributed by atoms with Crippen molar-refractivity contribution in [3.8, 4) is 11.1 Å². The normalized spacial score (nSPS) is 17.3. The van der Waals surface area contributed by atoms with Crippen LogP contribution in [0.25, 0.3) is 54.6 Å². The highest BCUT2D eigenvalue weighted by atomic mass is 14.3. The maximum absolute atomic E-state index is 2.56. The number of allylic oxidation sites excluding steroid dienone is 1. The Hall–Kier alpha value is -5.72. The van der Waals surface area contributed by atoms with Crippen molar-refractivity contribution >= 4 is 43.5 Å². The van der Waals surface area contributed by atoms with Crippen LogP contribution < -0.4 is 0 Å². The molecule has 0 saturated heterocycles. The molecule has 0 aliphatic heterocycles. The molecule has 1 fully saturated rings. The van der Waals surface area contributed by atoms with Gasteiger partial charge in [-0.15, -0.1) is 0 Å². The lowest BCUT2D eigenvalue weighted by atomic mass is 9.73. The fraction of sp³-hybridized carbons (Fsp3) is 0.137. The summed E-state index contributed by atoms with van der Waals surface area (Å²) in [7, 11) is 0. The lowest BCUT2D eigenvalue weighted by Gasteiger charge is -2.31. The van der Waals surface area contributed by atoms with Crippen LogP contribution >= 0.6 is 0 Å². The van der Waals surface area contributed by atoms with Crippen molar-refractivity contribution < 1.29 is 0 Å². The summed E-state index contributed by atoms with van der Waals surface area (Å²) in [6, 6.07) is 63.6. The van der Waals surface area contributed by atoms with Crippen LogP contribution in [-0.2, 0) is 6.42 Å². The summed E-state index contributed by atoms with van der Waals surface area (Å²) in [6.07, 6.45) is 5.85. The van der Waals surface area contributed by atoms with E-state index in [9.17, 15) is 0 Å². The van der Waals surface area contributed by atoms with Crippen LogP contribution in [0.15, 0.2) is 170 Å². The van der Waals surface area contributed by atoms with E-state index in [1.54, 1.807) is 5.56 Å². The van der Waals surface area contributed by atoms with Crippen LogP contribution in [0.5, 0.6) is 0 Å². The van der Waals surface area contributed by atoms with Crippen LogP contribution in [0.3, 0.4) is 0 Å². The number of benzene rings is 8. The van der Waals surface area contributed by atoms with Crippen LogP contribution in [-0.4, -0.2) is 0 Å². The first-order chi connectivity index (χ1) is 25.3. The second kappa shape index (κ2) is 12.6. The molecule has 0 aromatic heterocycles. The minimum atomic E-state index is 0.542. The van der Waals surface area contributed by atoms with Crippen LogP contribution in [0.1, 0.15) is 70.9 Å². The van der Waals surface area contributed by atoms with E-state index in [0.717, 1.165) is 6.42 Å². The number of hydrogen-bond donors (Lipinski definition) is 0. The largest absolute Gasteiger partial charge is 0.0622 e. The van der Waals surface area contributed by atoms with Gasteiger partial charge in [0.1, 0.15) is 0 Å². The molecule has 0 spiro atoms. The Balaban J connectivity index is 1.01. The topological polar surface area (TPSA) is 0 Å². The summed E-state index contributed by atoms with van der Waals surface area (Å²) in [6.45, 7) is 0. The molecule has 0 unspecified atom stereocenters. The maximum Gasteiger partial charge on any atom is -0.000728 e. The zero-order valence-corrected chi connectivity index (χ0v) is 28.9. The van der Waals surface area contributed by atoms with Gasteiger partial charge in [-0.05, 0) is 138 Å². The molecule has 0 bridgehead atoms. The molecule has 0 radical (unpaired) electrons. The average Bonchev–Trinajstić information content (AvgIpc) is 3.59. The zero-order valence-electron chi connectivity index (χ0n) is 28.9. The van der Waals surface area contributed by atoms with Crippen molar-refractivity contribution in [3.63, 3.8) is 0 Å². The van der Waals surface area contributed by atoms with Crippen molar-refractivity contribution in [2.45, 2.75) is 43.9 Å². The molecular formula is C51H40. The molecule has 1 saturated carbocycles. The molecule has 0 nitrogen and oxygen atoms in total. The van der Waals surface area contributed by atoms with Crippen molar-refractivity contribution in [1.82, 2.24) is 0 Å². The molecular weight excluding hydrogens is 613 g/mol. The summed E-state index contributed by atoms with van der Waals surface area (Å²) >= 11 is 0. The van der Waals surface area contributed by atoms with Crippen LogP contribution in [0.2, 0.25) is 0 Å². The molecule has 2 aliphatic carbocycles. The fourth-order valence-corrected chi connectivity index (χ4v) is 9.47. The van der Waals surface area contributed by atoms with Gasteiger partial charge in [-0.2, -0.15) is 0 Å². The van der Waals surface area contributed by atoms with Gasteiger partial charge in [0.05, 0.1) is 0 Å². The van der Waals surface area contributed by atoms with Gasteiger partial charge in [0.15, 0.2) is 0 Å². The first-order valence-electron chi connectivity index (χ1n) is 18.7. The van der Waals surface area contributed by atoms with Crippen molar-refractivity contribution in [2.24, 2.45) is 0 Å². The third-order valence-corrected chi connectivity index (χ3v) is 11.9. The number of fused-ring (bicyclic) bond motifs is 4. The van der Waals surface area contributed by atoms with Gasteiger partial charge in [0.2, 0.25) is 0 Å². The van der Waals surface area contributed by atoms with E-state index < -0.39 is 0 Å². The first-order valence-corrected chi connectivity index (χ1v) is 18.7. The van der Waals surface area contributed by atoms with E-state index in [1.807, 2.05) is 0 Å². The van der Waals surface area contributed by atoms with Gasteiger partial charge in [-0.25, -0.2) is 0 Å². The van der Waals surface area contributed by atoms with E-state index in [0.29, 0.717) is 11.8 Å². The predicted molar refractivity (Wildman–Crippen MR) is 217 cm³/mol. The third kappa shape index (κ3) is 5.21. The summed E-state index contributed by atoms with van der Waals surface area (Å²) in [5, 5.41) is 8.17. The lowest BCUT2D eigenvalue weighted by molar-refractivity contribution is 0.399. The smallest absolute Gasteiger partial charge is 0.000728 e. The predicted octanol–water partition coefficient (Wildman–Crippen LogP) is 13.8. The summed E-state index contributed by atoms with van der Waals surface area (Å²) in [5.41, 5.74) is 14.1. The second-order valence-corrected chi connectivity index (χ2v) is 14.7. The molecule has 0 heteroatoms. The minimum absolute atomic E-state index is 0.542. The van der Waals surface area contributed by atoms with E-state index in [4.69, 9.17) is 0 Å². The molecule has 0 heterocycles.